The highest BCUT2D eigenvalue weighted by atomic mass is 32.1. The summed E-state index contributed by atoms with van der Waals surface area (Å²) in [6, 6.07) is 3.41. The number of amides is 2. The van der Waals surface area contributed by atoms with Crippen LogP contribution in [0.5, 0.6) is 0 Å². The fourth-order valence-electron chi connectivity index (χ4n) is 0.744. The van der Waals surface area contributed by atoms with Crippen molar-refractivity contribution < 1.29 is 14.3 Å². The third-order valence-corrected chi connectivity index (χ3v) is 2.17. The first-order valence-electron chi connectivity index (χ1n) is 4.00. The third kappa shape index (κ3) is 3.06. The van der Waals surface area contributed by atoms with Crippen molar-refractivity contribution in [2.24, 2.45) is 0 Å². The van der Waals surface area contributed by atoms with Crippen LogP contribution in [0.25, 0.3) is 0 Å². The van der Waals surface area contributed by atoms with E-state index in [4.69, 9.17) is 0 Å². The second-order valence-corrected chi connectivity index (χ2v) is 3.22. The predicted molar refractivity (Wildman–Crippen MR) is 51.9 cm³/mol. The summed E-state index contributed by atoms with van der Waals surface area (Å²) in [5.74, 6) is -0.354. The Labute approximate surface area is 85.0 Å². The van der Waals surface area contributed by atoms with Crippen molar-refractivity contribution in [1.29, 1.82) is 0 Å². The average Bonchev–Trinajstić information content (AvgIpc) is 2.67. The van der Waals surface area contributed by atoms with Crippen LogP contribution in [0.2, 0.25) is 0 Å². The number of carbonyl (C=O) groups excluding carboxylic acids is 2. The van der Waals surface area contributed by atoms with Gasteiger partial charge in [0.1, 0.15) is 0 Å². The molecule has 0 bridgehead atoms. The van der Waals surface area contributed by atoms with Gasteiger partial charge in [0.25, 0.3) is 5.91 Å². The normalized spacial score (nSPS) is 9.21. The highest BCUT2D eigenvalue weighted by Crippen LogP contribution is 2.06. The molecule has 6 heteroatoms. The summed E-state index contributed by atoms with van der Waals surface area (Å²) in [4.78, 5) is 22.5. The Morgan fingerprint density at radius 1 is 1.50 bits per heavy atom. The van der Waals surface area contributed by atoms with Crippen molar-refractivity contribution in [3.05, 3.63) is 22.4 Å². The molecule has 0 aromatic carbocycles. The van der Waals surface area contributed by atoms with Crippen LogP contribution in [0.3, 0.4) is 0 Å². The van der Waals surface area contributed by atoms with E-state index in [1.165, 1.54) is 11.3 Å². The van der Waals surface area contributed by atoms with Gasteiger partial charge >= 0.3 is 6.09 Å². The number of hydrogen-bond acceptors (Lipinski definition) is 4. The van der Waals surface area contributed by atoms with Crippen LogP contribution in [0.1, 0.15) is 16.6 Å². The third-order valence-electron chi connectivity index (χ3n) is 1.30. The number of thiophene rings is 1. The van der Waals surface area contributed by atoms with Gasteiger partial charge in [0.15, 0.2) is 0 Å². The second-order valence-electron chi connectivity index (χ2n) is 2.28. The van der Waals surface area contributed by atoms with E-state index < -0.39 is 6.09 Å². The Bertz CT molecular complexity index is 310. The van der Waals surface area contributed by atoms with Crippen LogP contribution in [-0.2, 0) is 4.74 Å². The molecule has 14 heavy (non-hydrogen) atoms. The Balaban J connectivity index is 2.32. The highest BCUT2D eigenvalue weighted by molar-refractivity contribution is 7.12. The first-order valence-corrected chi connectivity index (χ1v) is 4.88. The minimum absolute atomic E-state index is 0.265. The molecule has 0 spiro atoms. The van der Waals surface area contributed by atoms with Crippen molar-refractivity contribution in [2.45, 2.75) is 6.92 Å². The Kier molecular flexibility index (Phi) is 3.93. The van der Waals surface area contributed by atoms with E-state index in [1.807, 2.05) is 0 Å². The smallest absolute Gasteiger partial charge is 0.426 e. The summed E-state index contributed by atoms with van der Waals surface area (Å²) in [6.45, 7) is 1.95. The quantitative estimate of drug-likeness (QED) is 0.725. The van der Waals surface area contributed by atoms with Crippen LogP contribution in [0.4, 0.5) is 4.79 Å². The monoisotopic (exact) mass is 214 g/mol. The molecule has 0 aliphatic carbocycles. The number of rotatable bonds is 2. The van der Waals surface area contributed by atoms with E-state index in [0.717, 1.165) is 0 Å². The van der Waals surface area contributed by atoms with E-state index in [9.17, 15) is 9.59 Å². The molecule has 0 atom stereocenters. The number of hydrogen-bond donors (Lipinski definition) is 2. The summed E-state index contributed by atoms with van der Waals surface area (Å²) in [5, 5.41) is 1.78. The number of carbonyl (C=O) groups is 2. The van der Waals surface area contributed by atoms with Crippen molar-refractivity contribution >= 4 is 23.3 Å². The second kappa shape index (κ2) is 5.23. The van der Waals surface area contributed by atoms with Gasteiger partial charge in [-0.05, 0) is 18.4 Å². The molecule has 5 nitrogen and oxygen atoms in total. The average molecular weight is 214 g/mol. The number of ether oxygens (including phenoxy) is 1. The maximum atomic E-state index is 11.2. The molecular formula is C8H10N2O3S. The fraction of sp³-hybridized carbons (Fsp3) is 0.250. The molecule has 2 N–H and O–H groups in total. The lowest BCUT2D eigenvalue weighted by atomic mass is 10.4. The molecule has 0 saturated heterocycles. The molecule has 0 fully saturated rings. The van der Waals surface area contributed by atoms with Gasteiger partial charge in [0.05, 0.1) is 11.5 Å². The first-order chi connectivity index (χ1) is 6.74. The first kappa shape index (κ1) is 10.5. The lowest BCUT2D eigenvalue weighted by Crippen LogP contribution is -2.41. The molecule has 1 aromatic heterocycles. The van der Waals surface area contributed by atoms with Gasteiger partial charge in [-0.1, -0.05) is 6.07 Å². The zero-order chi connectivity index (χ0) is 10.4. The van der Waals surface area contributed by atoms with E-state index >= 15 is 0 Å². The van der Waals surface area contributed by atoms with Crippen LogP contribution in [0.15, 0.2) is 17.5 Å². The van der Waals surface area contributed by atoms with Gasteiger partial charge in [-0.2, -0.15) is 0 Å². The molecule has 0 aliphatic rings. The van der Waals surface area contributed by atoms with E-state index in [0.29, 0.717) is 4.88 Å². The largest absolute Gasteiger partial charge is 0.449 e. The fourth-order valence-corrected chi connectivity index (χ4v) is 1.36. The zero-order valence-corrected chi connectivity index (χ0v) is 8.39. The van der Waals surface area contributed by atoms with Crippen molar-refractivity contribution in [1.82, 2.24) is 10.9 Å². The lowest BCUT2D eigenvalue weighted by molar-refractivity contribution is 0.0916. The number of nitrogens with one attached hydrogen (secondary N) is 2. The SMILES string of the molecule is CCOC(=O)NNC(=O)c1cccs1. The molecule has 0 aliphatic heterocycles. The van der Waals surface area contributed by atoms with Crippen molar-refractivity contribution in [2.75, 3.05) is 6.61 Å². The van der Waals surface area contributed by atoms with Crippen LogP contribution < -0.4 is 10.9 Å². The van der Waals surface area contributed by atoms with E-state index in [1.54, 1.807) is 24.4 Å². The van der Waals surface area contributed by atoms with Crippen LogP contribution in [-0.4, -0.2) is 18.6 Å². The van der Waals surface area contributed by atoms with Crippen LogP contribution in [0, 0.1) is 0 Å². The minimum atomic E-state index is -0.669. The van der Waals surface area contributed by atoms with Gasteiger partial charge in [0.2, 0.25) is 0 Å². The van der Waals surface area contributed by atoms with Crippen LogP contribution >= 0.6 is 11.3 Å². The highest BCUT2D eigenvalue weighted by Gasteiger charge is 2.07. The Morgan fingerprint density at radius 2 is 2.29 bits per heavy atom. The van der Waals surface area contributed by atoms with Gasteiger partial charge in [-0.3, -0.25) is 10.2 Å². The lowest BCUT2D eigenvalue weighted by Gasteiger charge is -2.05. The van der Waals surface area contributed by atoms with Crippen molar-refractivity contribution in [3.63, 3.8) is 0 Å². The molecule has 1 rings (SSSR count). The summed E-state index contributed by atoms with van der Waals surface area (Å²) >= 11 is 1.29. The topological polar surface area (TPSA) is 67.4 Å². The Morgan fingerprint density at radius 3 is 2.86 bits per heavy atom. The van der Waals surface area contributed by atoms with Gasteiger partial charge in [0, 0.05) is 0 Å². The predicted octanol–water partition coefficient (Wildman–Crippen LogP) is 1.14. The molecule has 1 aromatic rings. The van der Waals surface area contributed by atoms with Gasteiger partial charge in [-0.25, -0.2) is 10.2 Å². The Hall–Kier alpha value is -1.56. The maximum Gasteiger partial charge on any atom is 0.426 e. The molecule has 0 radical (unpaired) electrons. The van der Waals surface area contributed by atoms with E-state index in [2.05, 4.69) is 15.6 Å². The molecule has 76 valence electrons. The molecule has 1 heterocycles. The zero-order valence-electron chi connectivity index (χ0n) is 7.57. The molecule has 0 unspecified atom stereocenters. The molecule has 2 amide bonds. The summed E-state index contributed by atoms with van der Waals surface area (Å²) in [7, 11) is 0. The van der Waals surface area contributed by atoms with Gasteiger partial charge in [-0.15, -0.1) is 11.3 Å². The van der Waals surface area contributed by atoms with Crippen molar-refractivity contribution in [3.8, 4) is 0 Å². The molecular weight excluding hydrogens is 204 g/mol. The summed E-state index contributed by atoms with van der Waals surface area (Å²) in [5.41, 5.74) is 4.33. The van der Waals surface area contributed by atoms with E-state index in [-0.39, 0.29) is 12.5 Å². The van der Waals surface area contributed by atoms with Gasteiger partial charge < -0.3 is 4.74 Å². The molecule has 0 saturated carbocycles. The summed E-state index contributed by atoms with van der Waals surface area (Å²) < 4.78 is 4.55. The maximum absolute atomic E-state index is 11.2. The minimum Gasteiger partial charge on any atom is -0.449 e. The summed E-state index contributed by atoms with van der Waals surface area (Å²) in [6.07, 6.45) is -0.669. The number of hydrazine groups is 1. The standard InChI is InChI=1S/C8H10N2O3S/c1-2-13-8(12)10-9-7(11)6-4-3-5-14-6/h3-5H,2H2,1H3,(H,9,11)(H,10,12).